The molecule has 3 nitrogen and oxygen atoms in total. The molecule has 1 aromatic rings. The lowest BCUT2D eigenvalue weighted by Crippen LogP contribution is -2.34. The highest BCUT2D eigenvalue weighted by Crippen LogP contribution is 2.37. The Morgan fingerprint density at radius 1 is 1.38 bits per heavy atom. The number of hydrogen-bond donors (Lipinski definition) is 1. The van der Waals surface area contributed by atoms with Gasteiger partial charge in [0.25, 0.3) is 0 Å². The van der Waals surface area contributed by atoms with Crippen molar-refractivity contribution in [3.63, 3.8) is 0 Å². The van der Waals surface area contributed by atoms with Gasteiger partial charge in [0.2, 0.25) is 0 Å². The van der Waals surface area contributed by atoms with Crippen LogP contribution in [0.25, 0.3) is 0 Å². The number of methoxy groups -OCH3 is 1. The monoisotopic (exact) mass is 220 g/mol. The molecular formula is C13H20N2O. The molecule has 0 bridgehead atoms. The lowest BCUT2D eigenvalue weighted by molar-refractivity contribution is 0.225. The van der Waals surface area contributed by atoms with E-state index in [1.807, 2.05) is 6.07 Å². The van der Waals surface area contributed by atoms with E-state index in [1.165, 1.54) is 11.3 Å². The molecule has 3 heteroatoms. The number of nitrogens with zero attached hydrogens (tertiary/aromatic N) is 1. The fourth-order valence-electron chi connectivity index (χ4n) is 2.55. The number of ether oxygens (including phenoxy) is 1. The van der Waals surface area contributed by atoms with Crippen LogP contribution in [0.5, 0.6) is 5.75 Å². The predicted octanol–water partition coefficient (Wildman–Crippen LogP) is 2.36. The van der Waals surface area contributed by atoms with Crippen molar-refractivity contribution in [1.82, 2.24) is 4.90 Å². The molecule has 0 saturated heterocycles. The van der Waals surface area contributed by atoms with Gasteiger partial charge in [-0.3, -0.25) is 0 Å². The van der Waals surface area contributed by atoms with Crippen LogP contribution in [-0.2, 0) is 0 Å². The smallest absolute Gasteiger partial charge is 0.120 e. The molecule has 0 radical (unpaired) electrons. The summed E-state index contributed by atoms with van der Waals surface area (Å²) in [5.74, 6) is 1.54. The van der Waals surface area contributed by atoms with Crippen molar-refractivity contribution in [2.24, 2.45) is 5.92 Å². The van der Waals surface area contributed by atoms with Crippen LogP contribution in [0.2, 0.25) is 0 Å². The number of fused-ring (bicyclic) bond motifs is 1. The summed E-state index contributed by atoms with van der Waals surface area (Å²) in [5.41, 5.74) is 2.57. The first-order valence-corrected chi connectivity index (χ1v) is 5.71. The van der Waals surface area contributed by atoms with Crippen molar-refractivity contribution in [2.75, 3.05) is 33.1 Å². The highest BCUT2D eigenvalue weighted by molar-refractivity contribution is 5.58. The largest absolute Gasteiger partial charge is 0.497 e. The molecule has 1 aliphatic heterocycles. The van der Waals surface area contributed by atoms with Gasteiger partial charge in [0.05, 0.1) is 7.11 Å². The Balaban J connectivity index is 2.40. The normalized spacial score (nSPS) is 23.8. The van der Waals surface area contributed by atoms with E-state index in [9.17, 15) is 0 Å². The summed E-state index contributed by atoms with van der Waals surface area (Å²) >= 11 is 0. The molecule has 2 unspecified atom stereocenters. The first-order chi connectivity index (χ1) is 7.63. The number of nitrogens with one attached hydrogen (secondary N) is 1. The third-order valence-electron chi connectivity index (χ3n) is 3.29. The standard InChI is InChI=1S/C13H20N2O/c1-9-8-14-12-7-10(16-4)5-6-11(12)13(9)15(2)3/h5-7,9,13-14H,8H2,1-4H3. The van der Waals surface area contributed by atoms with E-state index >= 15 is 0 Å². The molecule has 1 N–H and O–H groups in total. The lowest BCUT2D eigenvalue weighted by atomic mass is 9.89. The molecule has 1 aromatic carbocycles. The van der Waals surface area contributed by atoms with E-state index in [0.717, 1.165) is 12.3 Å². The minimum atomic E-state index is 0.488. The van der Waals surface area contributed by atoms with Gasteiger partial charge < -0.3 is 15.0 Å². The first kappa shape index (κ1) is 11.3. The van der Waals surface area contributed by atoms with Crippen LogP contribution in [0.3, 0.4) is 0 Å². The summed E-state index contributed by atoms with van der Waals surface area (Å²) < 4.78 is 5.25. The third-order valence-corrected chi connectivity index (χ3v) is 3.29. The van der Waals surface area contributed by atoms with Gasteiger partial charge in [-0.1, -0.05) is 13.0 Å². The van der Waals surface area contributed by atoms with Gasteiger partial charge in [-0.05, 0) is 31.6 Å². The minimum Gasteiger partial charge on any atom is -0.497 e. The second-order valence-electron chi connectivity index (χ2n) is 4.72. The van der Waals surface area contributed by atoms with Crippen molar-refractivity contribution in [1.29, 1.82) is 0 Å². The van der Waals surface area contributed by atoms with E-state index in [-0.39, 0.29) is 0 Å². The van der Waals surface area contributed by atoms with Crippen LogP contribution < -0.4 is 10.1 Å². The van der Waals surface area contributed by atoms with Gasteiger partial charge in [0, 0.05) is 24.3 Å². The van der Waals surface area contributed by atoms with Gasteiger partial charge in [-0.2, -0.15) is 0 Å². The van der Waals surface area contributed by atoms with E-state index in [2.05, 4.69) is 43.4 Å². The SMILES string of the molecule is COc1ccc2c(c1)NCC(C)C2N(C)C. The molecule has 2 rings (SSSR count). The molecule has 16 heavy (non-hydrogen) atoms. The van der Waals surface area contributed by atoms with Crippen molar-refractivity contribution in [2.45, 2.75) is 13.0 Å². The summed E-state index contributed by atoms with van der Waals surface area (Å²) in [6, 6.07) is 6.77. The van der Waals surface area contributed by atoms with E-state index in [1.54, 1.807) is 7.11 Å². The lowest BCUT2D eigenvalue weighted by Gasteiger charge is -2.36. The average Bonchev–Trinajstić information content (AvgIpc) is 2.27. The van der Waals surface area contributed by atoms with E-state index < -0.39 is 0 Å². The molecule has 0 spiro atoms. The zero-order valence-electron chi connectivity index (χ0n) is 10.4. The topological polar surface area (TPSA) is 24.5 Å². The van der Waals surface area contributed by atoms with Gasteiger partial charge in [-0.15, -0.1) is 0 Å². The maximum atomic E-state index is 5.25. The third kappa shape index (κ3) is 1.87. The maximum Gasteiger partial charge on any atom is 0.120 e. The summed E-state index contributed by atoms with van der Waals surface area (Å²) in [7, 11) is 5.98. The Morgan fingerprint density at radius 2 is 2.12 bits per heavy atom. The Labute approximate surface area is 97.4 Å². The van der Waals surface area contributed by atoms with Crippen molar-refractivity contribution < 1.29 is 4.74 Å². The molecular weight excluding hydrogens is 200 g/mol. The number of rotatable bonds is 2. The average molecular weight is 220 g/mol. The second-order valence-corrected chi connectivity index (χ2v) is 4.72. The number of benzene rings is 1. The Kier molecular flexibility index (Phi) is 3.06. The van der Waals surface area contributed by atoms with Gasteiger partial charge in [-0.25, -0.2) is 0 Å². The van der Waals surface area contributed by atoms with E-state index in [0.29, 0.717) is 12.0 Å². The summed E-state index contributed by atoms with van der Waals surface area (Å²) in [6.07, 6.45) is 0. The highest BCUT2D eigenvalue weighted by Gasteiger charge is 2.28. The molecule has 0 saturated carbocycles. The Bertz CT molecular complexity index is 376. The van der Waals surface area contributed by atoms with Gasteiger partial charge in [0.1, 0.15) is 5.75 Å². The van der Waals surface area contributed by atoms with Crippen molar-refractivity contribution >= 4 is 5.69 Å². The number of anilines is 1. The maximum absolute atomic E-state index is 5.25. The Hall–Kier alpha value is -1.22. The zero-order valence-corrected chi connectivity index (χ0v) is 10.4. The predicted molar refractivity (Wildman–Crippen MR) is 67.1 cm³/mol. The second kappa shape index (κ2) is 4.34. The highest BCUT2D eigenvalue weighted by atomic mass is 16.5. The zero-order chi connectivity index (χ0) is 11.7. The fourth-order valence-corrected chi connectivity index (χ4v) is 2.55. The van der Waals surface area contributed by atoms with Crippen LogP contribution in [0, 0.1) is 5.92 Å². The van der Waals surface area contributed by atoms with Gasteiger partial charge >= 0.3 is 0 Å². The Morgan fingerprint density at radius 3 is 2.75 bits per heavy atom. The number of hydrogen-bond acceptors (Lipinski definition) is 3. The molecule has 88 valence electrons. The molecule has 1 aliphatic rings. The van der Waals surface area contributed by atoms with E-state index in [4.69, 9.17) is 4.74 Å². The van der Waals surface area contributed by atoms with Crippen molar-refractivity contribution in [3.8, 4) is 5.75 Å². The molecule has 2 atom stereocenters. The molecule has 0 aliphatic carbocycles. The van der Waals surface area contributed by atoms with Crippen molar-refractivity contribution in [3.05, 3.63) is 23.8 Å². The molecule has 0 amide bonds. The van der Waals surface area contributed by atoms with Crippen LogP contribution in [0.4, 0.5) is 5.69 Å². The fraction of sp³-hybridized carbons (Fsp3) is 0.538. The molecule has 1 heterocycles. The van der Waals surface area contributed by atoms with Crippen LogP contribution >= 0.6 is 0 Å². The quantitative estimate of drug-likeness (QED) is 0.828. The molecule has 0 aromatic heterocycles. The summed E-state index contributed by atoms with van der Waals surface area (Å²) in [6.45, 7) is 3.30. The minimum absolute atomic E-state index is 0.488. The van der Waals surface area contributed by atoms with Crippen LogP contribution in [-0.4, -0.2) is 32.6 Å². The first-order valence-electron chi connectivity index (χ1n) is 5.71. The van der Waals surface area contributed by atoms with Crippen LogP contribution in [0.15, 0.2) is 18.2 Å². The molecule has 0 fully saturated rings. The van der Waals surface area contributed by atoms with Crippen LogP contribution in [0.1, 0.15) is 18.5 Å². The van der Waals surface area contributed by atoms with Gasteiger partial charge in [0.15, 0.2) is 0 Å². The summed E-state index contributed by atoms with van der Waals surface area (Å²) in [5, 5.41) is 3.47. The summed E-state index contributed by atoms with van der Waals surface area (Å²) in [4.78, 5) is 2.29.